The van der Waals surface area contributed by atoms with Crippen LogP contribution < -0.4 is 10.6 Å². The van der Waals surface area contributed by atoms with E-state index in [4.69, 9.17) is 4.42 Å². The van der Waals surface area contributed by atoms with Crippen molar-refractivity contribution < 1.29 is 14.0 Å². The fraction of sp³-hybridized carbons (Fsp3) is 0.286. The van der Waals surface area contributed by atoms with Crippen molar-refractivity contribution in [1.29, 1.82) is 0 Å². The van der Waals surface area contributed by atoms with E-state index in [9.17, 15) is 9.59 Å². The Morgan fingerprint density at radius 2 is 1.93 bits per heavy atom. The second-order valence-corrected chi connectivity index (χ2v) is 6.80. The van der Waals surface area contributed by atoms with E-state index in [1.165, 1.54) is 0 Å². The number of carbonyl (C=O) groups excluding carboxylic acids is 2. The number of hydrogen-bond donors (Lipinski definition) is 2. The maximum absolute atomic E-state index is 12.6. The van der Waals surface area contributed by atoms with Gasteiger partial charge in [-0.2, -0.15) is 0 Å². The van der Waals surface area contributed by atoms with E-state index in [2.05, 4.69) is 20.2 Å². The Balaban J connectivity index is 1.56. The summed E-state index contributed by atoms with van der Waals surface area (Å²) in [5.41, 5.74) is 2.22. The number of benzene rings is 1. The normalized spacial score (nSPS) is 13.5. The van der Waals surface area contributed by atoms with E-state index < -0.39 is 0 Å². The number of fused-ring (bicyclic) bond motifs is 1. The highest BCUT2D eigenvalue weighted by Crippen LogP contribution is 2.25. The molecule has 0 unspecified atom stereocenters. The number of urea groups is 1. The Labute approximate surface area is 168 Å². The van der Waals surface area contributed by atoms with E-state index >= 15 is 0 Å². The van der Waals surface area contributed by atoms with Crippen LogP contribution in [0.1, 0.15) is 21.9 Å². The average Bonchev–Trinajstić information content (AvgIpc) is 3.35. The number of rotatable bonds is 4. The first-order chi connectivity index (χ1) is 14.2. The largest absolute Gasteiger partial charge is 0.467 e. The van der Waals surface area contributed by atoms with Crippen LogP contribution in [-0.4, -0.2) is 46.5 Å². The van der Waals surface area contributed by atoms with E-state index in [-0.39, 0.29) is 11.9 Å². The summed E-state index contributed by atoms with van der Waals surface area (Å²) in [5.74, 6) is 1.24. The van der Waals surface area contributed by atoms with Gasteiger partial charge in [0, 0.05) is 38.7 Å². The summed E-state index contributed by atoms with van der Waals surface area (Å²) >= 11 is 0. The van der Waals surface area contributed by atoms with Crippen LogP contribution in [0.3, 0.4) is 0 Å². The SMILES string of the molecule is CNC(=O)c1nc(-c2ccccc2)n2c1CCN(C(=O)NCc1ccco1)CC2. The van der Waals surface area contributed by atoms with Crippen LogP contribution in [0.15, 0.2) is 53.1 Å². The van der Waals surface area contributed by atoms with Gasteiger partial charge in [0.2, 0.25) is 0 Å². The molecule has 0 saturated heterocycles. The Hall–Kier alpha value is -3.55. The highest BCUT2D eigenvalue weighted by molar-refractivity contribution is 5.94. The lowest BCUT2D eigenvalue weighted by Crippen LogP contribution is -2.41. The fourth-order valence-corrected chi connectivity index (χ4v) is 3.55. The predicted molar refractivity (Wildman–Crippen MR) is 107 cm³/mol. The van der Waals surface area contributed by atoms with Gasteiger partial charge in [0.1, 0.15) is 17.3 Å². The molecule has 1 aliphatic heterocycles. The zero-order chi connectivity index (χ0) is 20.2. The quantitative estimate of drug-likeness (QED) is 0.711. The van der Waals surface area contributed by atoms with E-state index in [0.29, 0.717) is 44.1 Å². The van der Waals surface area contributed by atoms with Crippen molar-refractivity contribution >= 4 is 11.9 Å². The number of aromatic nitrogens is 2. The van der Waals surface area contributed by atoms with Gasteiger partial charge >= 0.3 is 6.03 Å². The lowest BCUT2D eigenvalue weighted by Gasteiger charge is -2.20. The van der Waals surface area contributed by atoms with Crippen LogP contribution in [0.4, 0.5) is 4.79 Å². The number of imidazole rings is 1. The van der Waals surface area contributed by atoms with Crippen LogP contribution in [0.5, 0.6) is 0 Å². The lowest BCUT2D eigenvalue weighted by molar-refractivity contribution is 0.0957. The van der Waals surface area contributed by atoms with Gasteiger partial charge in [-0.05, 0) is 12.1 Å². The summed E-state index contributed by atoms with van der Waals surface area (Å²) < 4.78 is 7.32. The molecule has 3 aromatic rings. The maximum atomic E-state index is 12.6. The van der Waals surface area contributed by atoms with Gasteiger partial charge < -0.3 is 24.5 Å². The molecule has 0 fully saturated rings. The van der Waals surface area contributed by atoms with E-state index in [1.807, 2.05) is 36.4 Å². The second-order valence-electron chi connectivity index (χ2n) is 6.80. The van der Waals surface area contributed by atoms with Crippen LogP contribution in [0.2, 0.25) is 0 Å². The van der Waals surface area contributed by atoms with Crippen molar-refractivity contribution in [1.82, 2.24) is 25.1 Å². The Morgan fingerprint density at radius 1 is 1.10 bits per heavy atom. The number of nitrogens with one attached hydrogen (secondary N) is 2. The zero-order valence-electron chi connectivity index (χ0n) is 16.2. The molecule has 0 bridgehead atoms. The van der Waals surface area contributed by atoms with Gasteiger partial charge in [-0.3, -0.25) is 4.79 Å². The van der Waals surface area contributed by atoms with Gasteiger partial charge in [-0.1, -0.05) is 30.3 Å². The Bertz CT molecular complexity index is 995. The standard InChI is InChI=1S/C21H23N5O3/c1-22-20(27)18-17-9-10-25(21(28)23-14-16-8-5-13-29-16)11-12-26(17)19(24-18)15-6-3-2-4-7-15/h2-8,13H,9-12,14H2,1H3,(H,22,27)(H,23,28). The summed E-state index contributed by atoms with van der Waals surface area (Å²) in [6.07, 6.45) is 2.13. The molecule has 0 radical (unpaired) electrons. The molecule has 2 N–H and O–H groups in total. The minimum Gasteiger partial charge on any atom is -0.467 e. The fourth-order valence-electron chi connectivity index (χ4n) is 3.55. The molecule has 8 nitrogen and oxygen atoms in total. The van der Waals surface area contributed by atoms with Crippen LogP contribution >= 0.6 is 0 Å². The second kappa shape index (κ2) is 8.22. The van der Waals surface area contributed by atoms with Crippen LogP contribution in [0, 0.1) is 0 Å². The first kappa shape index (κ1) is 18.8. The summed E-state index contributed by atoms with van der Waals surface area (Å²) in [4.78, 5) is 31.4. The molecule has 0 atom stereocenters. The molecular weight excluding hydrogens is 370 g/mol. The van der Waals surface area contributed by atoms with Crippen molar-refractivity contribution in [2.24, 2.45) is 0 Å². The number of hydrogen-bond acceptors (Lipinski definition) is 4. The third kappa shape index (κ3) is 3.87. The third-order valence-electron chi connectivity index (χ3n) is 5.04. The predicted octanol–water partition coefficient (Wildman–Crippen LogP) is 2.27. The number of carbonyl (C=O) groups is 2. The lowest BCUT2D eigenvalue weighted by atomic mass is 10.2. The summed E-state index contributed by atoms with van der Waals surface area (Å²) in [6, 6.07) is 13.2. The smallest absolute Gasteiger partial charge is 0.317 e. The van der Waals surface area contributed by atoms with Gasteiger partial charge in [-0.25, -0.2) is 9.78 Å². The summed E-state index contributed by atoms with van der Waals surface area (Å²) in [7, 11) is 1.60. The van der Waals surface area contributed by atoms with Crippen LogP contribution in [-0.2, 0) is 19.5 Å². The molecular formula is C21H23N5O3. The Morgan fingerprint density at radius 3 is 2.66 bits per heavy atom. The molecule has 4 rings (SSSR count). The maximum Gasteiger partial charge on any atom is 0.317 e. The van der Waals surface area contributed by atoms with Crippen molar-refractivity contribution in [3.05, 3.63) is 65.9 Å². The number of amides is 3. The monoisotopic (exact) mass is 393 g/mol. The summed E-state index contributed by atoms with van der Waals surface area (Å²) in [5, 5.41) is 5.55. The molecule has 3 heterocycles. The molecule has 0 aliphatic carbocycles. The molecule has 0 saturated carbocycles. The highest BCUT2D eigenvalue weighted by atomic mass is 16.3. The minimum atomic E-state index is -0.216. The van der Waals surface area contributed by atoms with Crippen molar-refractivity contribution in [3.63, 3.8) is 0 Å². The summed E-state index contributed by atoms with van der Waals surface area (Å²) in [6.45, 7) is 1.95. The molecule has 0 spiro atoms. The van der Waals surface area contributed by atoms with Gasteiger partial charge in [0.05, 0.1) is 18.5 Å². The first-order valence-corrected chi connectivity index (χ1v) is 9.59. The van der Waals surface area contributed by atoms with Crippen LogP contribution in [0.25, 0.3) is 11.4 Å². The topological polar surface area (TPSA) is 92.4 Å². The van der Waals surface area contributed by atoms with Gasteiger partial charge in [-0.15, -0.1) is 0 Å². The molecule has 1 aromatic carbocycles. The van der Waals surface area contributed by atoms with Gasteiger partial charge in [0.25, 0.3) is 5.91 Å². The molecule has 3 amide bonds. The third-order valence-corrected chi connectivity index (χ3v) is 5.04. The van der Waals surface area contributed by atoms with E-state index in [0.717, 1.165) is 17.1 Å². The Kier molecular flexibility index (Phi) is 5.33. The molecule has 2 aromatic heterocycles. The van der Waals surface area contributed by atoms with Crippen molar-refractivity contribution in [3.8, 4) is 11.4 Å². The molecule has 150 valence electrons. The average molecular weight is 393 g/mol. The van der Waals surface area contributed by atoms with Crippen molar-refractivity contribution in [2.75, 3.05) is 20.1 Å². The van der Waals surface area contributed by atoms with Crippen molar-refractivity contribution in [2.45, 2.75) is 19.5 Å². The number of furan rings is 1. The van der Waals surface area contributed by atoms with E-state index in [1.54, 1.807) is 24.3 Å². The number of nitrogens with zero attached hydrogens (tertiary/aromatic N) is 3. The molecule has 8 heteroatoms. The first-order valence-electron chi connectivity index (χ1n) is 9.59. The zero-order valence-corrected chi connectivity index (χ0v) is 16.2. The highest BCUT2D eigenvalue weighted by Gasteiger charge is 2.27. The van der Waals surface area contributed by atoms with Gasteiger partial charge in [0.15, 0.2) is 0 Å². The molecule has 1 aliphatic rings. The minimum absolute atomic E-state index is 0.150. The molecule has 29 heavy (non-hydrogen) atoms.